The van der Waals surface area contributed by atoms with E-state index in [4.69, 9.17) is 4.74 Å². The molecule has 0 spiro atoms. The number of cyclic esters (lactones) is 1. The third kappa shape index (κ3) is 2.64. The van der Waals surface area contributed by atoms with E-state index in [0.717, 1.165) is 28.0 Å². The van der Waals surface area contributed by atoms with E-state index in [9.17, 15) is 9.59 Å². The molecule has 1 aliphatic heterocycles. The van der Waals surface area contributed by atoms with E-state index in [1.165, 1.54) is 0 Å². The van der Waals surface area contributed by atoms with Crippen LogP contribution < -0.4 is 0 Å². The second-order valence-electron chi connectivity index (χ2n) is 6.44. The number of allylic oxidation sites excluding steroid dienone is 1. The van der Waals surface area contributed by atoms with Crippen LogP contribution in [0.2, 0.25) is 0 Å². The predicted octanol–water partition coefficient (Wildman–Crippen LogP) is 3.97. The Bertz CT molecular complexity index is 870. The maximum atomic E-state index is 12.3. The average Bonchev–Trinajstić information content (AvgIpc) is 3.17. The highest BCUT2D eigenvalue weighted by molar-refractivity contribution is 5.92. The SMILES string of the molecule is CC(=O)CC1C(N2CCOC2=O)=C(c2ccccc2)c2ccccc21. The highest BCUT2D eigenvalue weighted by Gasteiger charge is 2.39. The Morgan fingerprint density at radius 3 is 2.52 bits per heavy atom. The number of hydrogen-bond donors (Lipinski definition) is 0. The van der Waals surface area contributed by atoms with Crippen molar-refractivity contribution in [1.29, 1.82) is 0 Å². The molecular weight excluding hydrogens is 314 g/mol. The van der Waals surface area contributed by atoms with Crippen LogP contribution in [-0.4, -0.2) is 29.9 Å². The van der Waals surface area contributed by atoms with Gasteiger partial charge in [-0.05, 0) is 23.6 Å². The number of fused-ring (bicyclic) bond motifs is 1. The molecule has 4 rings (SSSR count). The first kappa shape index (κ1) is 15.6. The highest BCUT2D eigenvalue weighted by atomic mass is 16.6. The average molecular weight is 333 g/mol. The van der Waals surface area contributed by atoms with Crippen LogP contribution in [0, 0.1) is 0 Å². The molecule has 1 unspecified atom stereocenters. The molecule has 2 aromatic rings. The van der Waals surface area contributed by atoms with E-state index in [1.54, 1.807) is 11.8 Å². The molecule has 126 valence electrons. The summed E-state index contributed by atoms with van der Waals surface area (Å²) in [6.45, 7) is 2.50. The number of carbonyl (C=O) groups excluding carboxylic acids is 2. The summed E-state index contributed by atoms with van der Waals surface area (Å²) >= 11 is 0. The molecule has 1 saturated heterocycles. The minimum atomic E-state index is -0.329. The number of amides is 1. The summed E-state index contributed by atoms with van der Waals surface area (Å²) in [6, 6.07) is 18.2. The molecule has 0 saturated carbocycles. The van der Waals surface area contributed by atoms with E-state index in [2.05, 4.69) is 12.1 Å². The quantitative estimate of drug-likeness (QED) is 0.850. The predicted molar refractivity (Wildman–Crippen MR) is 95.0 cm³/mol. The van der Waals surface area contributed by atoms with Crippen LogP contribution in [0.15, 0.2) is 60.3 Å². The van der Waals surface area contributed by atoms with Gasteiger partial charge in [-0.1, -0.05) is 54.6 Å². The zero-order valence-corrected chi connectivity index (χ0v) is 14.1. The van der Waals surface area contributed by atoms with Gasteiger partial charge >= 0.3 is 6.09 Å². The molecule has 0 bridgehead atoms. The lowest BCUT2D eigenvalue weighted by Gasteiger charge is -2.23. The van der Waals surface area contributed by atoms with E-state index in [0.29, 0.717) is 19.6 Å². The zero-order chi connectivity index (χ0) is 17.4. The van der Waals surface area contributed by atoms with Crippen LogP contribution in [0.4, 0.5) is 4.79 Å². The number of rotatable bonds is 4. The topological polar surface area (TPSA) is 46.6 Å². The van der Waals surface area contributed by atoms with Crippen LogP contribution in [0.25, 0.3) is 5.57 Å². The van der Waals surface area contributed by atoms with E-state index >= 15 is 0 Å². The summed E-state index contributed by atoms with van der Waals surface area (Å²) in [7, 11) is 0. The van der Waals surface area contributed by atoms with Crippen molar-refractivity contribution in [3.8, 4) is 0 Å². The van der Waals surface area contributed by atoms with Crippen LogP contribution in [0.3, 0.4) is 0 Å². The molecule has 1 aliphatic carbocycles. The second-order valence-corrected chi connectivity index (χ2v) is 6.44. The van der Waals surface area contributed by atoms with Gasteiger partial charge in [0, 0.05) is 23.6 Å². The van der Waals surface area contributed by atoms with Gasteiger partial charge in [0.1, 0.15) is 12.4 Å². The number of ether oxygens (including phenoxy) is 1. The smallest absolute Gasteiger partial charge is 0.414 e. The van der Waals surface area contributed by atoms with Crippen LogP contribution in [-0.2, 0) is 9.53 Å². The first-order valence-electron chi connectivity index (χ1n) is 8.49. The number of ketones is 1. The van der Waals surface area contributed by atoms with Crippen molar-refractivity contribution in [2.24, 2.45) is 0 Å². The fourth-order valence-electron chi connectivity index (χ4n) is 3.83. The normalized spacial score (nSPS) is 19.2. The summed E-state index contributed by atoms with van der Waals surface area (Å²) in [4.78, 5) is 25.9. The summed E-state index contributed by atoms with van der Waals surface area (Å²) in [6.07, 6.45) is 0.0525. The van der Waals surface area contributed by atoms with Gasteiger partial charge in [-0.15, -0.1) is 0 Å². The molecule has 1 fully saturated rings. The van der Waals surface area contributed by atoms with Gasteiger partial charge in [0.15, 0.2) is 0 Å². The van der Waals surface area contributed by atoms with Gasteiger partial charge in [-0.3, -0.25) is 9.69 Å². The molecule has 2 aromatic carbocycles. The van der Waals surface area contributed by atoms with Gasteiger partial charge in [0.05, 0.1) is 6.54 Å². The molecule has 1 amide bonds. The summed E-state index contributed by atoms with van der Waals surface area (Å²) in [5.74, 6) is -0.00580. The van der Waals surface area contributed by atoms with Crippen LogP contribution in [0.5, 0.6) is 0 Å². The maximum absolute atomic E-state index is 12.3. The molecule has 25 heavy (non-hydrogen) atoms. The van der Waals surface area contributed by atoms with Gasteiger partial charge in [0.2, 0.25) is 0 Å². The van der Waals surface area contributed by atoms with E-state index in [-0.39, 0.29) is 17.8 Å². The third-order valence-corrected chi connectivity index (χ3v) is 4.80. The summed E-state index contributed by atoms with van der Waals surface area (Å²) in [5, 5.41) is 0. The molecule has 0 radical (unpaired) electrons. The van der Waals surface area contributed by atoms with Crippen molar-refractivity contribution in [3.05, 3.63) is 77.0 Å². The minimum Gasteiger partial charge on any atom is -0.447 e. The van der Waals surface area contributed by atoms with Crippen molar-refractivity contribution < 1.29 is 14.3 Å². The summed E-state index contributed by atoms with van der Waals surface area (Å²) < 4.78 is 5.18. The lowest BCUT2D eigenvalue weighted by Crippen LogP contribution is -2.27. The van der Waals surface area contributed by atoms with E-state index in [1.807, 2.05) is 42.5 Å². The summed E-state index contributed by atoms with van der Waals surface area (Å²) in [5.41, 5.74) is 5.17. The Morgan fingerprint density at radius 1 is 1.12 bits per heavy atom. The first-order chi connectivity index (χ1) is 12.2. The van der Waals surface area contributed by atoms with Gasteiger partial charge in [-0.25, -0.2) is 4.79 Å². The highest BCUT2D eigenvalue weighted by Crippen LogP contribution is 2.48. The van der Waals surface area contributed by atoms with E-state index < -0.39 is 0 Å². The maximum Gasteiger partial charge on any atom is 0.414 e. The Balaban J connectivity index is 1.96. The molecule has 1 atom stereocenters. The number of Topliss-reactive ketones (excluding diaryl/α,β-unsaturated/α-hetero) is 1. The molecule has 4 heteroatoms. The molecule has 0 N–H and O–H groups in total. The van der Waals surface area contributed by atoms with Gasteiger partial charge in [-0.2, -0.15) is 0 Å². The molecule has 1 heterocycles. The lowest BCUT2D eigenvalue weighted by molar-refractivity contribution is -0.117. The molecule has 4 nitrogen and oxygen atoms in total. The van der Waals surface area contributed by atoms with Crippen LogP contribution in [0.1, 0.15) is 36.0 Å². The van der Waals surface area contributed by atoms with Crippen molar-refractivity contribution in [1.82, 2.24) is 4.90 Å². The number of hydrogen-bond acceptors (Lipinski definition) is 3. The van der Waals surface area contributed by atoms with Crippen molar-refractivity contribution in [2.75, 3.05) is 13.2 Å². The number of benzene rings is 2. The van der Waals surface area contributed by atoms with Crippen molar-refractivity contribution >= 4 is 17.4 Å². The van der Waals surface area contributed by atoms with Gasteiger partial charge in [0.25, 0.3) is 0 Å². The fourth-order valence-corrected chi connectivity index (χ4v) is 3.83. The first-order valence-corrected chi connectivity index (χ1v) is 8.49. The van der Waals surface area contributed by atoms with Crippen LogP contribution >= 0.6 is 0 Å². The Labute approximate surface area is 146 Å². The Hall–Kier alpha value is -2.88. The fraction of sp³-hybridized carbons (Fsp3) is 0.238. The number of nitrogens with zero attached hydrogens (tertiary/aromatic N) is 1. The Kier molecular flexibility index (Phi) is 3.88. The number of carbonyl (C=O) groups is 2. The van der Waals surface area contributed by atoms with Crippen molar-refractivity contribution in [2.45, 2.75) is 19.3 Å². The Morgan fingerprint density at radius 2 is 1.84 bits per heavy atom. The molecule has 2 aliphatic rings. The third-order valence-electron chi connectivity index (χ3n) is 4.80. The molecule has 0 aromatic heterocycles. The zero-order valence-electron chi connectivity index (χ0n) is 14.1. The minimum absolute atomic E-state index is 0.110. The second kappa shape index (κ2) is 6.20. The van der Waals surface area contributed by atoms with Gasteiger partial charge < -0.3 is 4.74 Å². The standard InChI is InChI=1S/C21H19NO3/c1-14(23)13-18-16-9-5-6-10-17(16)19(15-7-3-2-4-8-15)20(18)22-11-12-25-21(22)24/h2-10,18H,11-13H2,1H3. The largest absolute Gasteiger partial charge is 0.447 e. The lowest BCUT2D eigenvalue weighted by atomic mass is 9.93. The van der Waals surface area contributed by atoms with Crippen molar-refractivity contribution in [3.63, 3.8) is 0 Å². The monoisotopic (exact) mass is 333 g/mol. The molecular formula is C21H19NO3.